The molecule has 4 saturated carbocycles. The first-order valence-corrected chi connectivity index (χ1v) is 14.6. The first kappa shape index (κ1) is 32.4. The molecule has 0 radical (unpaired) electrons. The molecule has 0 bridgehead atoms. The number of primary amides is 1. The fourth-order valence-electron chi connectivity index (χ4n) is 8.78. The minimum atomic E-state index is -3.92. The molecule has 0 aromatic heterocycles. The normalized spacial score (nSPS) is 44.0. The van der Waals surface area contributed by atoms with E-state index in [4.69, 9.17) is 18.7 Å². The zero-order chi connectivity index (χ0) is 26.6. The zero-order valence-electron chi connectivity index (χ0n) is 22.3. The Balaban J connectivity index is 0.000000694. The summed E-state index contributed by atoms with van der Waals surface area (Å²) >= 11 is 0. The molecule has 7 nitrogen and oxygen atoms in total. The number of amides is 1. The van der Waals surface area contributed by atoms with Crippen molar-refractivity contribution in [1.29, 1.82) is 0 Å². The number of aliphatic hydroxyl groups is 2. The van der Waals surface area contributed by atoms with Crippen molar-refractivity contribution in [3.05, 3.63) is 0 Å². The summed E-state index contributed by atoms with van der Waals surface area (Å²) in [5, 5.41) is 21.2. The molecule has 1 amide bonds. The summed E-state index contributed by atoms with van der Waals surface area (Å²) in [6, 6.07) is 0. The van der Waals surface area contributed by atoms with Crippen molar-refractivity contribution in [3.63, 3.8) is 0 Å². The molecule has 4 aliphatic carbocycles. The van der Waals surface area contributed by atoms with Gasteiger partial charge < -0.3 is 20.5 Å². The number of fused-ring (bicyclic) bond motifs is 5. The number of aliphatic hydroxyl groups excluding tert-OH is 2. The van der Waals surface area contributed by atoms with Crippen molar-refractivity contribution in [3.8, 4) is 0 Å². The van der Waals surface area contributed by atoms with Crippen molar-refractivity contribution in [2.45, 2.75) is 96.7 Å². The van der Waals surface area contributed by atoms with Gasteiger partial charge in [0.25, 0.3) is 5.92 Å². The Morgan fingerprint density at radius 2 is 1.67 bits per heavy atom. The van der Waals surface area contributed by atoms with E-state index in [2.05, 4.69) is 13.8 Å². The first-order valence-electron chi connectivity index (χ1n) is 12.8. The molecule has 0 aromatic carbocycles. The van der Waals surface area contributed by atoms with E-state index in [0.717, 1.165) is 32.1 Å². The van der Waals surface area contributed by atoms with Crippen LogP contribution in [0.4, 0.5) is 8.78 Å². The van der Waals surface area contributed by atoms with Gasteiger partial charge in [-0.25, -0.2) is 17.2 Å². The van der Waals surface area contributed by atoms with Gasteiger partial charge in [-0.05, 0) is 91.3 Å². The molecule has 0 unspecified atom stereocenters. The average molecular weight is 546 g/mol. The third kappa shape index (κ3) is 6.48. The summed E-state index contributed by atoms with van der Waals surface area (Å²) in [5.41, 5.74) is 4.93. The van der Waals surface area contributed by atoms with Gasteiger partial charge in [0.05, 0.1) is 16.2 Å². The van der Waals surface area contributed by atoms with Crippen LogP contribution in [-0.2, 0) is 14.9 Å². The molecule has 0 aliphatic heterocycles. The van der Waals surface area contributed by atoms with Crippen LogP contribution in [0.15, 0.2) is 0 Å². The van der Waals surface area contributed by atoms with Crippen LogP contribution in [0.5, 0.6) is 0 Å². The number of hydrogen-bond acceptors (Lipinski definition) is 6. The first-order chi connectivity index (χ1) is 15.9. The molecular formula is C25H42F2NNaO6S. The molecule has 4 N–H and O–H groups in total. The Labute approximate surface area is 236 Å². The number of rotatable bonds is 4. The molecule has 204 valence electrons. The van der Waals surface area contributed by atoms with Crippen LogP contribution in [0.3, 0.4) is 0 Å². The monoisotopic (exact) mass is 545 g/mol. The average Bonchev–Trinajstić information content (AvgIpc) is 3.04. The molecular weight excluding hydrogens is 503 g/mol. The van der Waals surface area contributed by atoms with Crippen molar-refractivity contribution in [2.75, 3.05) is 6.26 Å². The van der Waals surface area contributed by atoms with E-state index in [1.54, 1.807) is 0 Å². The quantitative estimate of drug-likeness (QED) is 0.343. The summed E-state index contributed by atoms with van der Waals surface area (Å²) in [6.07, 6.45) is 4.07. The summed E-state index contributed by atoms with van der Waals surface area (Å²) in [4.78, 5) is 11.3. The molecule has 11 heteroatoms. The fraction of sp³-hybridized carbons (Fsp3) is 0.960. The molecule has 36 heavy (non-hydrogen) atoms. The van der Waals surface area contributed by atoms with E-state index in [0.29, 0.717) is 36.9 Å². The van der Waals surface area contributed by atoms with E-state index < -0.39 is 33.7 Å². The van der Waals surface area contributed by atoms with Crippen LogP contribution in [0.2, 0.25) is 0 Å². The number of nitrogens with two attached hydrogens (primary N) is 1. The molecule has 0 spiro atoms. The maximum absolute atomic E-state index is 14.6. The second-order valence-corrected chi connectivity index (χ2v) is 13.8. The predicted molar refractivity (Wildman–Crippen MR) is 126 cm³/mol. The van der Waals surface area contributed by atoms with Gasteiger partial charge in [0.1, 0.15) is 6.10 Å². The second kappa shape index (κ2) is 11.3. The molecule has 0 aromatic rings. The van der Waals surface area contributed by atoms with Crippen LogP contribution < -0.4 is 35.3 Å². The topological polar surface area (TPSA) is 141 Å². The largest absolute Gasteiger partial charge is 1.00 e. The summed E-state index contributed by atoms with van der Waals surface area (Å²) < 4.78 is 56.4. The number of carbonyl (C=O) groups is 1. The van der Waals surface area contributed by atoms with Gasteiger partial charge in [-0.3, -0.25) is 4.79 Å². The van der Waals surface area contributed by atoms with Gasteiger partial charge >= 0.3 is 29.6 Å². The zero-order valence-corrected chi connectivity index (χ0v) is 25.1. The summed E-state index contributed by atoms with van der Waals surface area (Å²) in [6.45, 7) is 6.56. The number of carbonyl (C=O) groups excluding carboxylic acids is 1. The number of halogens is 2. The van der Waals surface area contributed by atoms with E-state index in [9.17, 15) is 23.8 Å². The SMILES string of the molecule is CS(=O)(=O)[O-].C[C@H](CCC(N)=O)[C@H]1CC[C@H]2[C@@H]3[C@@H](O)C[C@@H]4C[C@@H](O)C(F)(F)C[C@]4(C)[C@H]3CC[C@]12C.[Na+]. The van der Waals surface area contributed by atoms with Crippen molar-refractivity contribution in [2.24, 2.45) is 52.1 Å². The smallest absolute Gasteiger partial charge is 0.748 e. The summed E-state index contributed by atoms with van der Waals surface area (Å²) in [5.74, 6) is -1.98. The minimum absolute atomic E-state index is 0. The van der Waals surface area contributed by atoms with Crippen LogP contribution >= 0.6 is 0 Å². The second-order valence-electron chi connectivity index (χ2n) is 12.4. The standard InChI is InChI=1S/C24H39F2NO3.CH4O3S.Na/c1-13(4-7-20(27)30)15-5-6-16-21-17(8-9-22(15,16)2)23(3)12-24(25,26)19(29)11-14(23)10-18(21)28;1-5(2,3)4;/h13-19,21,28-29H,4-12H2,1-3H3,(H2,27,30);1H3,(H,2,3,4);/q;;+1/p-1/t13-,14-,15-,16+,17+,18+,19-,21+,22-,23+;;/m1../s1. The maximum Gasteiger partial charge on any atom is 1.00 e. The van der Waals surface area contributed by atoms with Gasteiger partial charge in [0.15, 0.2) is 0 Å². The predicted octanol–water partition coefficient (Wildman–Crippen LogP) is 0.289. The van der Waals surface area contributed by atoms with Gasteiger partial charge in [0.2, 0.25) is 5.91 Å². The Morgan fingerprint density at radius 1 is 1.11 bits per heavy atom. The van der Waals surface area contributed by atoms with E-state index in [1.807, 2.05) is 6.92 Å². The Hall–Kier alpha value is 0.160. The molecule has 4 aliphatic rings. The van der Waals surface area contributed by atoms with Gasteiger partial charge in [-0.1, -0.05) is 20.8 Å². The van der Waals surface area contributed by atoms with Gasteiger partial charge in [0, 0.05) is 19.1 Å². The van der Waals surface area contributed by atoms with Crippen molar-refractivity contribution in [1.82, 2.24) is 0 Å². The summed E-state index contributed by atoms with van der Waals surface area (Å²) in [7, 11) is -3.92. The number of alkyl halides is 2. The van der Waals surface area contributed by atoms with Crippen LogP contribution in [0.1, 0.15) is 78.6 Å². The molecule has 10 atom stereocenters. The molecule has 4 fully saturated rings. The van der Waals surface area contributed by atoms with Crippen molar-refractivity contribution >= 4 is 16.0 Å². The van der Waals surface area contributed by atoms with E-state index in [-0.39, 0.29) is 71.5 Å². The minimum Gasteiger partial charge on any atom is -0.748 e. The van der Waals surface area contributed by atoms with Crippen LogP contribution in [0.25, 0.3) is 0 Å². The van der Waals surface area contributed by atoms with E-state index >= 15 is 0 Å². The Bertz CT molecular complexity index is 899. The third-order valence-corrected chi connectivity index (χ3v) is 10.3. The third-order valence-electron chi connectivity index (χ3n) is 10.3. The Morgan fingerprint density at radius 3 is 2.22 bits per heavy atom. The molecule has 0 heterocycles. The van der Waals surface area contributed by atoms with Gasteiger partial charge in [-0.2, -0.15) is 0 Å². The van der Waals surface area contributed by atoms with E-state index in [1.165, 1.54) is 0 Å². The van der Waals surface area contributed by atoms with Crippen LogP contribution in [-0.4, -0.2) is 53.5 Å². The van der Waals surface area contributed by atoms with Gasteiger partial charge in [-0.15, -0.1) is 0 Å². The Kier molecular flexibility index (Phi) is 10.2. The molecule has 0 saturated heterocycles. The van der Waals surface area contributed by atoms with Crippen LogP contribution in [0, 0.1) is 46.3 Å². The van der Waals surface area contributed by atoms with Crippen molar-refractivity contribution < 1.29 is 66.3 Å². The number of hydrogen-bond donors (Lipinski definition) is 3. The fourth-order valence-corrected chi connectivity index (χ4v) is 8.78. The maximum atomic E-state index is 14.6. The molecule has 4 rings (SSSR count).